The van der Waals surface area contributed by atoms with E-state index >= 15 is 0 Å². The highest BCUT2D eigenvalue weighted by Gasteiger charge is 2.14. The van der Waals surface area contributed by atoms with Gasteiger partial charge in [0.2, 0.25) is 0 Å². The van der Waals surface area contributed by atoms with Gasteiger partial charge in [-0.05, 0) is 38.1 Å². The van der Waals surface area contributed by atoms with Crippen LogP contribution in [0.2, 0.25) is 0 Å². The number of ether oxygens (including phenoxy) is 1. The van der Waals surface area contributed by atoms with Crippen LogP contribution in [0.1, 0.15) is 18.1 Å². The number of methoxy groups -OCH3 is 1. The second kappa shape index (κ2) is 7.14. The summed E-state index contributed by atoms with van der Waals surface area (Å²) in [5, 5.41) is 9.87. The van der Waals surface area contributed by atoms with Crippen molar-refractivity contribution in [1.82, 2.24) is 4.90 Å². The lowest BCUT2D eigenvalue weighted by atomic mass is 10.0. The molecule has 112 valence electrons. The van der Waals surface area contributed by atoms with Crippen molar-refractivity contribution in [3.8, 4) is 11.5 Å². The summed E-state index contributed by atoms with van der Waals surface area (Å²) in [6, 6.07) is 15.9. The first-order chi connectivity index (χ1) is 10.1. The second-order valence-electron chi connectivity index (χ2n) is 5.41. The lowest BCUT2D eigenvalue weighted by Crippen LogP contribution is -2.30. The zero-order valence-electron chi connectivity index (χ0n) is 12.9. The van der Waals surface area contributed by atoms with E-state index in [0.29, 0.717) is 11.8 Å². The predicted molar refractivity (Wildman–Crippen MR) is 85.7 cm³/mol. The monoisotopic (exact) mass is 285 g/mol. The molecule has 0 radical (unpaired) electrons. The van der Waals surface area contributed by atoms with Gasteiger partial charge in [-0.1, -0.05) is 36.4 Å². The van der Waals surface area contributed by atoms with Gasteiger partial charge in [0.05, 0.1) is 7.11 Å². The average molecular weight is 285 g/mol. The van der Waals surface area contributed by atoms with Crippen LogP contribution in [0.4, 0.5) is 0 Å². The minimum atomic E-state index is 0.348. The Morgan fingerprint density at radius 3 is 2.33 bits per heavy atom. The molecule has 0 aromatic heterocycles. The fourth-order valence-corrected chi connectivity index (χ4v) is 2.41. The van der Waals surface area contributed by atoms with Crippen molar-refractivity contribution in [2.24, 2.45) is 0 Å². The first-order valence-electron chi connectivity index (χ1n) is 7.21. The third kappa shape index (κ3) is 3.99. The molecule has 1 unspecified atom stereocenters. The van der Waals surface area contributed by atoms with E-state index in [0.717, 1.165) is 24.3 Å². The van der Waals surface area contributed by atoms with E-state index in [1.165, 1.54) is 5.56 Å². The molecule has 0 amide bonds. The van der Waals surface area contributed by atoms with Crippen LogP contribution in [0.3, 0.4) is 0 Å². The Kier molecular flexibility index (Phi) is 5.23. The number of likely N-dealkylation sites (N-methyl/N-ethyl adjacent to an activating group) is 1. The average Bonchev–Trinajstić information content (AvgIpc) is 2.50. The molecular formula is C18H23NO2. The number of benzene rings is 2. The van der Waals surface area contributed by atoms with Gasteiger partial charge in [-0.25, -0.2) is 0 Å². The van der Waals surface area contributed by atoms with Gasteiger partial charge >= 0.3 is 0 Å². The van der Waals surface area contributed by atoms with E-state index in [9.17, 15) is 5.11 Å². The van der Waals surface area contributed by atoms with E-state index in [1.807, 2.05) is 36.4 Å². The van der Waals surface area contributed by atoms with Crippen molar-refractivity contribution >= 4 is 0 Å². The Labute approximate surface area is 126 Å². The highest BCUT2D eigenvalue weighted by molar-refractivity contribution is 5.34. The van der Waals surface area contributed by atoms with Crippen LogP contribution in [-0.2, 0) is 13.0 Å². The summed E-state index contributed by atoms with van der Waals surface area (Å²) in [6.07, 6.45) is 0.911. The minimum absolute atomic E-state index is 0.348. The molecule has 0 aliphatic rings. The normalized spacial score (nSPS) is 12.4. The van der Waals surface area contributed by atoms with Crippen molar-refractivity contribution in [1.29, 1.82) is 0 Å². The largest absolute Gasteiger partial charge is 0.508 e. The van der Waals surface area contributed by atoms with Crippen molar-refractivity contribution in [2.75, 3.05) is 14.2 Å². The third-order valence-electron chi connectivity index (χ3n) is 3.87. The quantitative estimate of drug-likeness (QED) is 0.882. The smallest absolute Gasteiger partial charge is 0.122 e. The van der Waals surface area contributed by atoms with Crippen LogP contribution < -0.4 is 4.74 Å². The van der Waals surface area contributed by atoms with E-state index in [1.54, 1.807) is 13.2 Å². The molecule has 0 spiro atoms. The number of phenols is 1. The Hall–Kier alpha value is -2.00. The summed E-state index contributed by atoms with van der Waals surface area (Å²) in [7, 11) is 3.78. The number of rotatable bonds is 6. The number of phenolic OH excluding ortho intramolecular Hbond substituents is 1. The number of hydrogen-bond acceptors (Lipinski definition) is 3. The van der Waals surface area contributed by atoms with E-state index in [2.05, 4.69) is 24.9 Å². The van der Waals surface area contributed by atoms with E-state index in [-0.39, 0.29) is 0 Å². The SMILES string of the molecule is COc1ccccc1CC(C)N(C)Cc1ccccc1O. The molecule has 0 saturated carbocycles. The Bertz CT molecular complexity index is 583. The van der Waals surface area contributed by atoms with Crippen LogP contribution in [-0.4, -0.2) is 30.2 Å². The first-order valence-corrected chi connectivity index (χ1v) is 7.21. The predicted octanol–water partition coefficient (Wildman–Crippen LogP) is 3.46. The van der Waals surface area contributed by atoms with Gasteiger partial charge in [0.15, 0.2) is 0 Å². The van der Waals surface area contributed by atoms with Crippen LogP contribution in [0, 0.1) is 0 Å². The van der Waals surface area contributed by atoms with E-state index < -0.39 is 0 Å². The molecule has 0 saturated heterocycles. The summed E-state index contributed by atoms with van der Waals surface area (Å²) in [5.41, 5.74) is 2.16. The molecule has 3 nitrogen and oxygen atoms in total. The van der Waals surface area contributed by atoms with Gasteiger partial charge in [-0.2, -0.15) is 0 Å². The number of para-hydroxylation sites is 2. The van der Waals surface area contributed by atoms with Crippen LogP contribution >= 0.6 is 0 Å². The van der Waals surface area contributed by atoms with E-state index in [4.69, 9.17) is 4.74 Å². The molecule has 21 heavy (non-hydrogen) atoms. The maximum absolute atomic E-state index is 9.87. The highest BCUT2D eigenvalue weighted by atomic mass is 16.5. The fourth-order valence-electron chi connectivity index (χ4n) is 2.41. The van der Waals surface area contributed by atoms with Crippen molar-refractivity contribution in [3.05, 3.63) is 59.7 Å². The Balaban J connectivity index is 2.03. The minimum Gasteiger partial charge on any atom is -0.508 e. The van der Waals surface area contributed by atoms with Crippen molar-refractivity contribution < 1.29 is 9.84 Å². The molecule has 1 atom stereocenters. The standard InChI is InChI=1S/C18H23NO2/c1-14(12-15-8-5-7-11-18(15)21-3)19(2)13-16-9-4-6-10-17(16)20/h4-11,14,20H,12-13H2,1-3H3. The molecule has 0 bridgehead atoms. The molecule has 0 aliphatic carbocycles. The highest BCUT2D eigenvalue weighted by Crippen LogP contribution is 2.22. The topological polar surface area (TPSA) is 32.7 Å². The van der Waals surface area contributed by atoms with Crippen LogP contribution in [0.5, 0.6) is 11.5 Å². The van der Waals surface area contributed by atoms with Gasteiger partial charge in [0.25, 0.3) is 0 Å². The summed E-state index contributed by atoms with van der Waals surface area (Å²) >= 11 is 0. The Morgan fingerprint density at radius 2 is 1.67 bits per heavy atom. The summed E-state index contributed by atoms with van der Waals surface area (Å²) < 4.78 is 5.40. The maximum atomic E-state index is 9.87. The molecule has 2 rings (SSSR count). The van der Waals surface area contributed by atoms with Crippen LogP contribution in [0.25, 0.3) is 0 Å². The number of aromatic hydroxyl groups is 1. The molecular weight excluding hydrogens is 262 g/mol. The van der Waals surface area contributed by atoms with Crippen LogP contribution in [0.15, 0.2) is 48.5 Å². The molecule has 0 aliphatic heterocycles. The summed E-state index contributed by atoms with van der Waals surface area (Å²) in [6.45, 7) is 2.91. The maximum Gasteiger partial charge on any atom is 0.122 e. The molecule has 0 fully saturated rings. The van der Waals surface area contributed by atoms with Crippen molar-refractivity contribution in [3.63, 3.8) is 0 Å². The van der Waals surface area contributed by atoms with Gasteiger partial charge in [-0.15, -0.1) is 0 Å². The van der Waals surface area contributed by atoms with Gasteiger partial charge in [0, 0.05) is 18.2 Å². The molecule has 0 heterocycles. The molecule has 3 heteroatoms. The van der Waals surface area contributed by atoms with Gasteiger partial charge in [-0.3, -0.25) is 4.90 Å². The number of hydrogen-bond donors (Lipinski definition) is 1. The lowest BCUT2D eigenvalue weighted by molar-refractivity contribution is 0.243. The number of nitrogens with zero attached hydrogens (tertiary/aromatic N) is 1. The third-order valence-corrected chi connectivity index (χ3v) is 3.87. The summed E-state index contributed by atoms with van der Waals surface area (Å²) in [5.74, 6) is 1.29. The zero-order valence-corrected chi connectivity index (χ0v) is 12.9. The molecule has 1 N–H and O–H groups in total. The van der Waals surface area contributed by atoms with Gasteiger partial charge < -0.3 is 9.84 Å². The van der Waals surface area contributed by atoms with Gasteiger partial charge in [0.1, 0.15) is 11.5 Å². The second-order valence-corrected chi connectivity index (χ2v) is 5.41. The molecule has 2 aromatic carbocycles. The summed E-state index contributed by atoms with van der Waals surface area (Å²) in [4.78, 5) is 2.24. The zero-order chi connectivity index (χ0) is 15.2. The lowest BCUT2D eigenvalue weighted by Gasteiger charge is -2.25. The fraction of sp³-hybridized carbons (Fsp3) is 0.333. The molecule has 2 aromatic rings. The van der Waals surface area contributed by atoms with Crippen molar-refractivity contribution in [2.45, 2.75) is 25.9 Å². The Morgan fingerprint density at radius 1 is 1.05 bits per heavy atom. The first kappa shape index (κ1) is 15.4.